The third-order valence-electron chi connectivity index (χ3n) is 5.49. The number of hydrogen-bond acceptors (Lipinski definition) is 4. The lowest BCUT2D eigenvalue weighted by Gasteiger charge is -2.16. The molecule has 1 atom stereocenters. The third kappa shape index (κ3) is 4.12. The van der Waals surface area contributed by atoms with Gasteiger partial charge in [-0.2, -0.15) is 0 Å². The van der Waals surface area contributed by atoms with E-state index in [1.54, 1.807) is 10.9 Å². The number of aromatic nitrogens is 4. The van der Waals surface area contributed by atoms with Crippen LogP contribution in [-0.4, -0.2) is 24.6 Å². The van der Waals surface area contributed by atoms with E-state index in [9.17, 15) is 14.4 Å². The molecule has 2 aromatic heterocycles. The summed E-state index contributed by atoms with van der Waals surface area (Å²) >= 11 is 0. The van der Waals surface area contributed by atoms with Crippen molar-refractivity contribution >= 4 is 17.1 Å². The van der Waals surface area contributed by atoms with Gasteiger partial charge in [-0.1, -0.05) is 60.7 Å². The molecule has 8 heteroatoms. The largest absolute Gasteiger partial charge is 0.348 e. The zero-order valence-electron chi connectivity index (χ0n) is 18.1. The SMILES string of the molecule is CCn1cnc2c1c(=O)n(CC(=O)NC(C)c1ccccc1)c(=O)n2Cc1ccccc1. The fraction of sp³-hybridized carbons (Fsp3) is 0.250. The highest BCUT2D eigenvalue weighted by Crippen LogP contribution is 2.12. The van der Waals surface area contributed by atoms with Gasteiger partial charge in [0, 0.05) is 6.54 Å². The smallest absolute Gasteiger partial charge is 0.333 e. The van der Waals surface area contributed by atoms with Gasteiger partial charge in [-0.05, 0) is 25.0 Å². The second kappa shape index (κ2) is 9.05. The van der Waals surface area contributed by atoms with Crippen molar-refractivity contribution in [1.82, 2.24) is 24.0 Å². The monoisotopic (exact) mass is 431 g/mol. The number of fused-ring (bicyclic) bond motifs is 1. The highest BCUT2D eigenvalue weighted by atomic mass is 16.2. The average molecular weight is 431 g/mol. The number of benzene rings is 2. The van der Waals surface area contributed by atoms with Gasteiger partial charge >= 0.3 is 5.69 Å². The second-order valence-electron chi connectivity index (χ2n) is 7.65. The molecule has 2 heterocycles. The standard InChI is InChI=1S/C24H25N5O3/c1-3-27-16-25-22-21(27)23(31)29(24(32)28(22)14-18-10-6-4-7-11-18)15-20(30)26-17(2)19-12-8-5-9-13-19/h4-13,16-17H,3,14-15H2,1-2H3,(H,26,30). The number of carbonyl (C=O) groups is 1. The number of hydrogen-bond donors (Lipinski definition) is 1. The number of aryl methyl sites for hydroxylation is 1. The predicted octanol–water partition coefficient (Wildman–Crippen LogP) is 2.31. The molecule has 0 fully saturated rings. The minimum atomic E-state index is -0.560. The van der Waals surface area contributed by atoms with Crippen molar-refractivity contribution in [2.45, 2.75) is 39.5 Å². The summed E-state index contributed by atoms with van der Waals surface area (Å²) in [7, 11) is 0. The summed E-state index contributed by atoms with van der Waals surface area (Å²) in [6.07, 6.45) is 1.55. The van der Waals surface area contributed by atoms with Gasteiger partial charge in [0.2, 0.25) is 5.91 Å². The van der Waals surface area contributed by atoms with Crippen LogP contribution in [0.1, 0.15) is 31.0 Å². The van der Waals surface area contributed by atoms with Crippen molar-refractivity contribution in [3.05, 3.63) is 99.0 Å². The Morgan fingerprint density at radius 2 is 1.66 bits per heavy atom. The van der Waals surface area contributed by atoms with E-state index in [0.717, 1.165) is 15.7 Å². The second-order valence-corrected chi connectivity index (χ2v) is 7.65. The van der Waals surface area contributed by atoms with E-state index in [2.05, 4.69) is 10.3 Å². The van der Waals surface area contributed by atoms with E-state index in [1.807, 2.05) is 74.5 Å². The molecule has 0 aliphatic heterocycles. The molecule has 4 rings (SSSR count). The zero-order valence-corrected chi connectivity index (χ0v) is 18.1. The Morgan fingerprint density at radius 1 is 1.00 bits per heavy atom. The molecule has 1 amide bonds. The van der Waals surface area contributed by atoms with Crippen molar-refractivity contribution in [2.75, 3.05) is 0 Å². The summed E-state index contributed by atoms with van der Waals surface area (Å²) in [6, 6.07) is 18.7. The van der Waals surface area contributed by atoms with E-state index in [0.29, 0.717) is 17.7 Å². The van der Waals surface area contributed by atoms with Crippen molar-refractivity contribution < 1.29 is 4.79 Å². The van der Waals surface area contributed by atoms with E-state index >= 15 is 0 Å². The lowest BCUT2D eigenvalue weighted by atomic mass is 10.1. The normalized spacial score (nSPS) is 12.1. The lowest BCUT2D eigenvalue weighted by Crippen LogP contribution is -2.44. The molecule has 164 valence electrons. The zero-order chi connectivity index (χ0) is 22.7. The van der Waals surface area contributed by atoms with E-state index < -0.39 is 17.2 Å². The fourth-order valence-electron chi connectivity index (χ4n) is 3.78. The van der Waals surface area contributed by atoms with Crippen LogP contribution in [0.4, 0.5) is 0 Å². The highest BCUT2D eigenvalue weighted by molar-refractivity contribution is 5.77. The van der Waals surface area contributed by atoms with E-state index in [-0.39, 0.29) is 19.1 Å². The van der Waals surface area contributed by atoms with Crippen LogP contribution in [0.5, 0.6) is 0 Å². The van der Waals surface area contributed by atoms with Crippen molar-refractivity contribution in [2.24, 2.45) is 0 Å². The summed E-state index contributed by atoms with van der Waals surface area (Å²) in [5, 5.41) is 2.87. The Kier molecular flexibility index (Phi) is 6.02. The third-order valence-corrected chi connectivity index (χ3v) is 5.49. The van der Waals surface area contributed by atoms with E-state index in [4.69, 9.17) is 0 Å². The van der Waals surface area contributed by atoms with Crippen LogP contribution in [0.15, 0.2) is 76.6 Å². The van der Waals surface area contributed by atoms with Gasteiger partial charge in [0.1, 0.15) is 6.54 Å². The molecular weight excluding hydrogens is 406 g/mol. The number of rotatable bonds is 7. The minimum Gasteiger partial charge on any atom is -0.348 e. The Labute approximate surface area is 184 Å². The topological polar surface area (TPSA) is 90.9 Å². The first-order chi connectivity index (χ1) is 15.5. The van der Waals surface area contributed by atoms with Crippen LogP contribution in [0.2, 0.25) is 0 Å². The van der Waals surface area contributed by atoms with E-state index in [1.165, 1.54) is 4.57 Å². The summed E-state index contributed by atoms with van der Waals surface area (Å²) in [4.78, 5) is 43.6. The first kappa shape index (κ1) is 21.3. The van der Waals surface area contributed by atoms with Gasteiger partial charge in [-0.25, -0.2) is 14.3 Å². The number of imidazole rings is 1. The van der Waals surface area contributed by atoms with Gasteiger partial charge in [-0.15, -0.1) is 0 Å². The predicted molar refractivity (Wildman–Crippen MR) is 122 cm³/mol. The molecule has 0 aliphatic carbocycles. The molecule has 8 nitrogen and oxygen atoms in total. The first-order valence-corrected chi connectivity index (χ1v) is 10.6. The Hall–Kier alpha value is -3.94. The lowest BCUT2D eigenvalue weighted by molar-refractivity contribution is -0.122. The summed E-state index contributed by atoms with van der Waals surface area (Å²) in [5.74, 6) is -0.409. The van der Waals surface area contributed by atoms with Crippen LogP contribution in [0.25, 0.3) is 11.2 Å². The molecule has 0 saturated heterocycles. The maximum absolute atomic E-state index is 13.3. The molecule has 1 N–H and O–H groups in total. The minimum absolute atomic E-state index is 0.249. The number of nitrogens with one attached hydrogen (secondary N) is 1. The molecule has 0 bridgehead atoms. The fourth-order valence-corrected chi connectivity index (χ4v) is 3.78. The molecule has 2 aromatic carbocycles. The molecule has 0 radical (unpaired) electrons. The van der Waals surface area contributed by atoms with Crippen LogP contribution < -0.4 is 16.6 Å². The molecule has 1 unspecified atom stereocenters. The summed E-state index contributed by atoms with van der Waals surface area (Å²) in [5.41, 5.74) is 1.39. The van der Waals surface area contributed by atoms with Crippen molar-refractivity contribution in [3.8, 4) is 0 Å². The molecule has 0 aliphatic rings. The highest BCUT2D eigenvalue weighted by Gasteiger charge is 2.20. The molecule has 32 heavy (non-hydrogen) atoms. The van der Waals surface area contributed by atoms with Gasteiger partial charge in [0.05, 0.1) is 18.9 Å². The van der Waals surface area contributed by atoms with Crippen molar-refractivity contribution in [1.29, 1.82) is 0 Å². The first-order valence-electron chi connectivity index (χ1n) is 10.6. The number of nitrogens with zero attached hydrogens (tertiary/aromatic N) is 4. The summed E-state index contributed by atoms with van der Waals surface area (Å²) < 4.78 is 4.14. The van der Waals surface area contributed by atoms with Crippen LogP contribution in [0.3, 0.4) is 0 Å². The molecule has 0 saturated carbocycles. The van der Waals surface area contributed by atoms with Gasteiger partial charge in [0.15, 0.2) is 11.2 Å². The Balaban J connectivity index is 1.73. The number of amides is 1. The van der Waals surface area contributed by atoms with Gasteiger partial charge in [-0.3, -0.25) is 14.2 Å². The van der Waals surface area contributed by atoms with Crippen LogP contribution >= 0.6 is 0 Å². The molecule has 4 aromatic rings. The number of carbonyl (C=O) groups excluding carboxylic acids is 1. The van der Waals surface area contributed by atoms with Gasteiger partial charge < -0.3 is 9.88 Å². The van der Waals surface area contributed by atoms with Crippen LogP contribution in [-0.2, 0) is 24.4 Å². The quantitative estimate of drug-likeness (QED) is 0.486. The van der Waals surface area contributed by atoms with Crippen molar-refractivity contribution in [3.63, 3.8) is 0 Å². The Bertz CT molecular complexity index is 1350. The maximum Gasteiger partial charge on any atom is 0.333 e. The van der Waals surface area contributed by atoms with Gasteiger partial charge in [0.25, 0.3) is 5.56 Å². The maximum atomic E-state index is 13.3. The molecular formula is C24H25N5O3. The molecule has 0 spiro atoms. The average Bonchev–Trinajstić information content (AvgIpc) is 3.25. The Morgan fingerprint density at radius 3 is 2.31 bits per heavy atom. The summed E-state index contributed by atoms with van der Waals surface area (Å²) in [6.45, 7) is 4.16. The van der Waals surface area contributed by atoms with Crippen LogP contribution in [0, 0.1) is 0 Å².